The van der Waals surface area contributed by atoms with Crippen LogP contribution in [0.2, 0.25) is 0 Å². The molecule has 0 rings (SSSR count). The molecule has 0 saturated heterocycles. The smallest absolute Gasteiger partial charge is 0.0328 e. The van der Waals surface area contributed by atoms with Crippen molar-refractivity contribution in [3.05, 3.63) is 6.92 Å². The highest BCUT2D eigenvalue weighted by atomic mass is 14.2. The second-order valence-electron chi connectivity index (χ2n) is 4.33. The maximum atomic E-state index is 4.21. The molecular formula is C12H25. The first-order chi connectivity index (χ1) is 5.62. The molecule has 1 unspecified atom stereocenters. The summed E-state index contributed by atoms with van der Waals surface area (Å²) in [7, 11) is 0. The van der Waals surface area contributed by atoms with E-state index in [1.54, 1.807) is 0 Å². The van der Waals surface area contributed by atoms with Gasteiger partial charge in [0.1, 0.15) is 0 Å². The average Bonchev–Trinajstić information content (AvgIpc) is 2.04. The summed E-state index contributed by atoms with van der Waals surface area (Å²) in [5, 5.41) is 0. The van der Waals surface area contributed by atoms with E-state index in [-0.39, 0.29) is 0 Å². The third-order valence-corrected chi connectivity index (χ3v) is 2.74. The van der Waals surface area contributed by atoms with Gasteiger partial charge in [0.2, 0.25) is 0 Å². The van der Waals surface area contributed by atoms with Gasteiger partial charge < -0.3 is 0 Å². The van der Waals surface area contributed by atoms with E-state index in [0.29, 0.717) is 5.41 Å². The zero-order valence-electron chi connectivity index (χ0n) is 9.16. The van der Waals surface area contributed by atoms with E-state index in [1.165, 1.54) is 44.9 Å². The van der Waals surface area contributed by atoms with Crippen molar-refractivity contribution >= 4 is 0 Å². The molecule has 0 heteroatoms. The van der Waals surface area contributed by atoms with E-state index in [1.807, 2.05) is 0 Å². The third kappa shape index (κ3) is 6.69. The standard InChI is InChI=1S/C12H25/c1-5-7-8-9-10-11-12(3,4)6-2/h3,5-11H2,1-2,4H3. The summed E-state index contributed by atoms with van der Waals surface area (Å²) in [6.45, 7) is 11.0. The van der Waals surface area contributed by atoms with Crippen molar-refractivity contribution in [1.82, 2.24) is 0 Å². The lowest BCUT2D eigenvalue weighted by Gasteiger charge is -2.21. The van der Waals surface area contributed by atoms with Crippen molar-refractivity contribution in [2.45, 2.75) is 65.7 Å². The largest absolute Gasteiger partial charge is 0.0654 e. The highest BCUT2D eigenvalue weighted by Gasteiger charge is 2.13. The molecular weight excluding hydrogens is 144 g/mol. The van der Waals surface area contributed by atoms with Gasteiger partial charge in [0.15, 0.2) is 0 Å². The Morgan fingerprint density at radius 2 is 1.58 bits per heavy atom. The summed E-state index contributed by atoms with van der Waals surface area (Å²) in [4.78, 5) is 0. The van der Waals surface area contributed by atoms with Crippen LogP contribution in [0, 0.1) is 12.3 Å². The van der Waals surface area contributed by atoms with Gasteiger partial charge in [0, 0.05) is 0 Å². The molecule has 0 nitrogen and oxygen atoms in total. The maximum Gasteiger partial charge on any atom is -0.0328 e. The van der Waals surface area contributed by atoms with Gasteiger partial charge in [0.05, 0.1) is 0 Å². The lowest BCUT2D eigenvalue weighted by molar-refractivity contribution is 0.353. The molecule has 0 heterocycles. The van der Waals surface area contributed by atoms with Crippen LogP contribution in [0.3, 0.4) is 0 Å². The first-order valence-electron chi connectivity index (χ1n) is 5.47. The Kier molecular flexibility index (Phi) is 6.51. The fourth-order valence-corrected chi connectivity index (χ4v) is 1.33. The monoisotopic (exact) mass is 169 g/mol. The van der Waals surface area contributed by atoms with Crippen molar-refractivity contribution in [2.24, 2.45) is 5.41 Å². The summed E-state index contributed by atoms with van der Waals surface area (Å²) in [6.07, 6.45) is 9.44. The molecule has 0 N–H and O–H groups in total. The van der Waals surface area contributed by atoms with Gasteiger partial charge in [-0.15, -0.1) is 0 Å². The zero-order chi connectivity index (χ0) is 9.45. The van der Waals surface area contributed by atoms with Gasteiger partial charge in [-0.2, -0.15) is 0 Å². The Hall–Kier alpha value is 0. The summed E-state index contributed by atoms with van der Waals surface area (Å²) in [5.41, 5.74) is 0.339. The zero-order valence-corrected chi connectivity index (χ0v) is 9.16. The van der Waals surface area contributed by atoms with E-state index in [0.717, 1.165) is 0 Å². The minimum Gasteiger partial charge on any atom is -0.0654 e. The minimum atomic E-state index is 0.339. The summed E-state index contributed by atoms with van der Waals surface area (Å²) < 4.78 is 0. The van der Waals surface area contributed by atoms with Crippen LogP contribution in [-0.2, 0) is 0 Å². The Balaban J connectivity index is 3.19. The first kappa shape index (κ1) is 12.0. The second-order valence-corrected chi connectivity index (χ2v) is 4.33. The summed E-state index contributed by atoms with van der Waals surface area (Å²) in [6, 6.07) is 0. The highest BCUT2D eigenvalue weighted by Crippen LogP contribution is 2.26. The van der Waals surface area contributed by atoms with Crippen LogP contribution >= 0.6 is 0 Å². The Morgan fingerprint density at radius 3 is 2.08 bits per heavy atom. The minimum absolute atomic E-state index is 0.339. The lowest BCUT2D eigenvalue weighted by Crippen LogP contribution is -2.09. The van der Waals surface area contributed by atoms with E-state index >= 15 is 0 Å². The molecule has 12 heavy (non-hydrogen) atoms. The van der Waals surface area contributed by atoms with Crippen LogP contribution in [-0.4, -0.2) is 0 Å². The fraction of sp³-hybridized carbons (Fsp3) is 0.917. The molecule has 1 radical (unpaired) electrons. The van der Waals surface area contributed by atoms with E-state index < -0.39 is 0 Å². The number of unbranched alkanes of at least 4 members (excludes halogenated alkanes) is 4. The molecule has 0 aliphatic rings. The highest BCUT2D eigenvalue weighted by molar-refractivity contribution is 4.74. The van der Waals surface area contributed by atoms with Crippen LogP contribution in [0.4, 0.5) is 0 Å². The van der Waals surface area contributed by atoms with E-state index in [2.05, 4.69) is 27.7 Å². The summed E-state index contributed by atoms with van der Waals surface area (Å²) in [5.74, 6) is 0. The van der Waals surface area contributed by atoms with Gasteiger partial charge in [0.25, 0.3) is 0 Å². The van der Waals surface area contributed by atoms with Gasteiger partial charge in [-0.05, 0) is 18.8 Å². The quantitative estimate of drug-likeness (QED) is 0.489. The van der Waals surface area contributed by atoms with E-state index in [4.69, 9.17) is 0 Å². The van der Waals surface area contributed by atoms with Gasteiger partial charge >= 0.3 is 0 Å². The van der Waals surface area contributed by atoms with Gasteiger partial charge in [-0.3, -0.25) is 0 Å². The van der Waals surface area contributed by atoms with Crippen LogP contribution in [0.25, 0.3) is 0 Å². The van der Waals surface area contributed by atoms with Crippen LogP contribution < -0.4 is 0 Å². The topological polar surface area (TPSA) is 0 Å². The SMILES string of the molecule is [CH2]C(C)(CC)CCCCCCC. The molecule has 0 aliphatic carbocycles. The Labute approximate surface area is 78.8 Å². The van der Waals surface area contributed by atoms with Crippen molar-refractivity contribution in [3.8, 4) is 0 Å². The molecule has 0 fully saturated rings. The maximum absolute atomic E-state index is 4.21. The molecule has 0 aromatic carbocycles. The first-order valence-corrected chi connectivity index (χ1v) is 5.47. The van der Waals surface area contributed by atoms with Crippen molar-refractivity contribution in [3.63, 3.8) is 0 Å². The fourth-order valence-electron chi connectivity index (χ4n) is 1.33. The second kappa shape index (κ2) is 6.51. The Bertz CT molecular complexity index is 92.2. The van der Waals surface area contributed by atoms with Crippen LogP contribution in [0.15, 0.2) is 0 Å². The molecule has 0 aromatic heterocycles. The van der Waals surface area contributed by atoms with Crippen LogP contribution in [0.5, 0.6) is 0 Å². The Morgan fingerprint density at radius 1 is 1.00 bits per heavy atom. The number of hydrogen-bond donors (Lipinski definition) is 0. The number of rotatable bonds is 7. The predicted octanol–water partition coefficient (Wildman–Crippen LogP) is 4.60. The molecule has 0 saturated carbocycles. The predicted molar refractivity (Wildman–Crippen MR) is 57.1 cm³/mol. The molecule has 0 amide bonds. The molecule has 0 spiro atoms. The van der Waals surface area contributed by atoms with Gasteiger partial charge in [-0.1, -0.05) is 59.3 Å². The molecule has 0 aliphatic heterocycles. The number of hydrogen-bond acceptors (Lipinski definition) is 0. The normalized spacial score (nSPS) is 12.0. The van der Waals surface area contributed by atoms with Gasteiger partial charge in [-0.25, -0.2) is 0 Å². The summed E-state index contributed by atoms with van der Waals surface area (Å²) >= 11 is 0. The third-order valence-electron chi connectivity index (χ3n) is 2.74. The molecule has 0 bridgehead atoms. The molecule has 0 aromatic rings. The molecule has 1 atom stereocenters. The van der Waals surface area contributed by atoms with Crippen molar-refractivity contribution in [2.75, 3.05) is 0 Å². The average molecular weight is 169 g/mol. The van der Waals surface area contributed by atoms with E-state index in [9.17, 15) is 0 Å². The molecule has 73 valence electrons. The lowest BCUT2D eigenvalue weighted by atomic mass is 9.84. The van der Waals surface area contributed by atoms with Crippen molar-refractivity contribution < 1.29 is 0 Å². The van der Waals surface area contributed by atoms with Crippen molar-refractivity contribution in [1.29, 1.82) is 0 Å². The van der Waals surface area contributed by atoms with Crippen LogP contribution in [0.1, 0.15) is 65.7 Å².